The first-order valence-corrected chi connectivity index (χ1v) is 10.3. The van der Waals surface area contributed by atoms with Crippen LogP contribution in [0.4, 0.5) is 0 Å². The number of unbranched alkanes of at least 4 members (excludes halogenated alkanes) is 3. The Labute approximate surface area is 158 Å². The van der Waals surface area contributed by atoms with E-state index >= 15 is 0 Å². The maximum atomic E-state index is 2.34. The Hall–Kier alpha value is -1.30. The molecular formula is C25H42. The molecule has 0 radical (unpaired) electrons. The Morgan fingerprint density at radius 2 is 0.960 bits per heavy atom. The van der Waals surface area contributed by atoms with E-state index in [4.69, 9.17) is 0 Å². The van der Waals surface area contributed by atoms with Crippen LogP contribution in [-0.2, 0) is 0 Å². The molecule has 142 valence electrons. The van der Waals surface area contributed by atoms with Gasteiger partial charge in [0.1, 0.15) is 0 Å². The van der Waals surface area contributed by atoms with E-state index in [2.05, 4.69) is 88.5 Å². The largest absolute Gasteiger partial charge is 0.0885 e. The molecule has 0 atom stereocenters. The molecule has 0 aliphatic rings. The van der Waals surface area contributed by atoms with Crippen LogP contribution in [0.15, 0.2) is 60.8 Å². The number of hydrogen-bond acceptors (Lipinski definition) is 0. The maximum absolute atomic E-state index is 2.34. The Morgan fingerprint density at radius 1 is 0.520 bits per heavy atom. The van der Waals surface area contributed by atoms with Crippen molar-refractivity contribution in [2.75, 3.05) is 0 Å². The van der Waals surface area contributed by atoms with Crippen molar-refractivity contribution < 1.29 is 0 Å². The van der Waals surface area contributed by atoms with Gasteiger partial charge >= 0.3 is 0 Å². The van der Waals surface area contributed by atoms with Crippen molar-refractivity contribution in [3.05, 3.63) is 60.8 Å². The van der Waals surface area contributed by atoms with Crippen molar-refractivity contribution in [1.29, 1.82) is 0 Å². The summed E-state index contributed by atoms with van der Waals surface area (Å²) >= 11 is 0. The highest BCUT2D eigenvalue weighted by atomic mass is 14.1. The second kappa shape index (κ2) is 17.5. The van der Waals surface area contributed by atoms with Crippen LogP contribution in [0.5, 0.6) is 0 Å². The topological polar surface area (TPSA) is 0 Å². The molecule has 0 aliphatic heterocycles. The zero-order valence-electron chi connectivity index (χ0n) is 17.3. The quantitative estimate of drug-likeness (QED) is 0.219. The highest BCUT2D eigenvalue weighted by Gasteiger charge is 2.08. The van der Waals surface area contributed by atoms with Gasteiger partial charge < -0.3 is 0 Å². The van der Waals surface area contributed by atoms with Crippen LogP contribution in [0.25, 0.3) is 0 Å². The van der Waals surface area contributed by atoms with Gasteiger partial charge in [0.15, 0.2) is 0 Å². The van der Waals surface area contributed by atoms with E-state index in [9.17, 15) is 0 Å². The van der Waals surface area contributed by atoms with Crippen LogP contribution in [0.2, 0.25) is 0 Å². The zero-order chi connectivity index (χ0) is 18.6. The summed E-state index contributed by atoms with van der Waals surface area (Å²) in [5.74, 6) is 0. The normalized spacial score (nSPS) is 13.6. The predicted octanol–water partition coefficient (Wildman–Crippen LogP) is 8.73. The summed E-state index contributed by atoms with van der Waals surface area (Å²) in [7, 11) is 0. The highest BCUT2D eigenvalue weighted by molar-refractivity contribution is 5.00. The van der Waals surface area contributed by atoms with Crippen LogP contribution in [0.3, 0.4) is 0 Å². The van der Waals surface area contributed by atoms with Gasteiger partial charge in [0, 0.05) is 0 Å². The van der Waals surface area contributed by atoms with E-state index in [-0.39, 0.29) is 0 Å². The van der Waals surface area contributed by atoms with E-state index < -0.39 is 0 Å². The third-order valence-electron chi connectivity index (χ3n) is 3.96. The third-order valence-corrected chi connectivity index (χ3v) is 3.96. The molecule has 0 heterocycles. The third kappa shape index (κ3) is 22.7. The summed E-state index contributed by atoms with van der Waals surface area (Å²) in [6.07, 6.45) is 34.6. The van der Waals surface area contributed by atoms with Crippen molar-refractivity contribution >= 4 is 0 Å². The van der Waals surface area contributed by atoms with E-state index in [1.807, 2.05) is 0 Å². The highest BCUT2D eigenvalue weighted by Crippen LogP contribution is 2.22. The molecule has 0 N–H and O–H groups in total. The average Bonchev–Trinajstić information content (AvgIpc) is 2.56. The van der Waals surface area contributed by atoms with Crippen molar-refractivity contribution in [2.45, 2.75) is 91.9 Å². The molecule has 0 fully saturated rings. The summed E-state index contributed by atoms with van der Waals surface area (Å²) in [6, 6.07) is 0. The van der Waals surface area contributed by atoms with Gasteiger partial charge in [0.25, 0.3) is 0 Å². The first-order chi connectivity index (χ1) is 12.1. The van der Waals surface area contributed by atoms with Crippen molar-refractivity contribution in [1.82, 2.24) is 0 Å². The molecule has 0 aromatic heterocycles. The summed E-state index contributed by atoms with van der Waals surface area (Å²) in [6.45, 7) is 9.16. The summed E-state index contributed by atoms with van der Waals surface area (Å²) in [5, 5.41) is 0. The van der Waals surface area contributed by atoms with Gasteiger partial charge in [-0.05, 0) is 56.8 Å². The Bertz CT molecular complexity index is 410. The van der Waals surface area contributed by atoms with Crippen LogP contribution >= 0.6 is 0 Å². The monoisotopic (exact) mass is 342 g/mol. The summed E-state index contributed by atoms with van der Waals surface area (Å²) < 4.78 is 0. The molecule has 0 saturated carbocycles. The summed E-state index contributed by atoms with van der Waals surface area (Å²) in [5.41, 5.74) is 0.497. The SMILES string of the molecule is CC/C=C\C/C=C\C/C=C\C/C=C\C/C=C\CCCCCC(C)(C)C. The van der Waals surface area contributed by atoms with Crippen molar-refractivity contribution in [3.63, 3.8) is 0 Å². The zero-order valence-corrected chi connectivity index (χ0v) is 17.3. The van der Waals surface area contributed by atoms with Crippen molar-refractivity contribution in [3.8, 4) is 0 Å². The van der Waals surface area contributed by atoms with Gasteiger partial charge in [0.2, 0.25) is 0 Å². The average molecular weight is 343 g/mol. The lowest BCUT2D eigenvalue weighted by molar-refractivity contribution is 0.358. The lowest BCUT2D eigenvalue weighted by Gasteiger charge is -2.17. The first-order valence-electron chi connectivity index (χ1n) is 10.3. The molecule has 0 heteroatoms. The fourth-order valence-electron chi connectivity index (χ4n) is 2.46. The molecule has 0 bridgehead atoms. The maximum Gasteiger partial charge on any atom is -0.0169 e. The standard InChI is InChI=1S/C25H42/c1-5-6-7-8-9-10-11-12-13-14-15-16-17-18-19-20-21-22-23-24-25(2,3)4/h6-7,9-10,12-13,15-16,18-19H,5,8,11,14,17,20-24H2,1-4H3/b7-6-,10-9-,13-12-,16-15-,19-18-. The molecule has 0 rings (SSSR count). The predicted molar refractivity (Wildman–Crippen MR) is 117 cm³/mol. The van der Waals surface area contributed by atoms with Crippen LogP contribution < -0.4 is 0 Å². The minimum atomic E-state index is 0.497. The van der Waals surface area contributed by atoms with E-state index in [1.165, 1.54) is 32.1 Å². The van der Waals surface area contributed by atoms with Gasteiger partial charge in [-0.1, -0.05) is 101 Å². The molecule has 0 aromatic rings. The molecule has 0 saturated heterocycles. The van der Waals surface area contributed by atoms with Gasteiger partial charge in [-0.3, -0.25) is 0 Å². The first kappa shape index (κ1) is 23.7. The molecule has 0 spiro atoms. The Kier molecular flexibility index (Phi) is 16.6. The van der Waals surface area contributed by atoms with Crippen LogP contribution in [-0.4, -0.2) is 0 Å². The van der Waals surface area contributed by atoms with Gasteiger partial charge in [-0.25, -0.2) is 0 Å². The Balaban J connectivity index is 3.45. The lowest BCUT2D eigenvalue weighted by atomic mass is 9.89. The molecular weight excluding hydrogens is 300 g/mol. The molecule has 0 aliphatic carbocycles. The van der Waals surface area contributed by atoms with E-state index in [0.717, 1.165) is 32.1 Å². The minimum Gasteiger partial charge on any atom is -0.0885 e. The van der Waals surface area contributed by atoms with Gasteiger partial charge in [0.05, 0.1) is 0 Å². The Morgan fingerprint density at radius 3 is 1.40 bits per heavy atom. The van der Waals surface area contributed by atoms with E-state index in [0.29, 0.717) is 5.41 Å². The minimum absolute atomic E-state index is 0.497. The fraction of sp³-hybridized carbons (Fsp3) is 0.600. The van der Waals surface area contributed by atoms with Crippen LogP contribution in [0.1, 0.15) is 91.9 Å². The molecule has 0 aromatic carbocycles. The summed E-state index contributed by atoms with van der Waals surface area (Å²) in [4.78, 5) is 0. The lowest BCUT2D eigenvalue weighted by Crippen LogP contribution is -2.03. The number of rotatable bonds is 14. The molecule has 0 amide bonds. The van der Waals surface area contributed by atoms with Gasteiger partial charge in [-0.15, -0.1) is 0 Å². The molecule has 0 unspecified atom stereocenters. The fourth-order valence-corrected chi connectivity index (χ4v) is 2.46. The number of allylic oxidation sites excluding steroid dienone is 10. The smallest absolute Gasteiger partial charge is 0.0169 e. The van der Waals surface area contributed by atoms with Crippen LogP contribution in [0, 0.1) is 5.41 Å². The second-order valence-corrected chi connectivity index (χ2v) is 7.87. The molecule has 0 nitrogen and oxygen atoms in total. The van der Waals surface area contributed by atoms with E-state index in [1.54, 1.807) is 0 Å². The molecule has 25 heavy (non-hydrogen) atoms. The van der Waals surface area contributed by atoms with Crippen molar-refractivity contribution in [2.24, 2.45) is 5.41 Å². The van der Waals surface area contributed by atoms with Gasteiger partial charge in [-0.2, -0.15) is 0 Å². The number of hydrogen-bond donors (Lipinski definition) is 0. The second-order valence-electron chi connectivity index (χ2n) is 7.87.